The van der Waals surface area contributed by atoms with Gasteiger partial charge in [-0.15, -0.1) is 11.3 Å². The highest BCUT2D eigenvalue weighted by atomic mass is 32.1. The summed E-state index contributed by atoms with van der Waals surface area (Å²) < 4.78 is 6.91. The molecule has 23 heavy (non-hydrogen) atoms. The second kappa shape index (κ2) is 5.37. The summed E-state index contributed by atoms with van der Waals surface area (Å²) in [6.07, 6.45) is 1.44. The summed E-state index contributed by atoms with van der Waals surface area (Å²) in [6.45, 7) is 0. The van der Waals surface area contributed by atoms with Crippen molar-refractivity contribution in [2.75, 3.05) is 5.32 Å². The molecule has 0 fully saturated rings. The number of benzene rings is 2. The molecule has 0 atom stereocenters. The predicted octanol–water partition coefficient (Wildman–Crippen LogP) is 4.26. The van der Waals surface area contributed by atoms with E-state index in [0.717, 1.165) is 9.40 Å². The van der Waals surface area contributed by atoms with Crippen molar-refractivity contribution in [3.8, 4) is 0 Å². The molecule has 0 spiro atoms. The van der Waals surface area contributed by atoms with Gasteiger partial charge in [0.05, 0.1) is 6.26 Å². The standard InChI is InChI=1S/C18H11NO3S/c20-17-12-4-1-2-6-15(12)23-16-8-7-11(10-13(16)17)19-18(21)14-5-3-9-22-14/h1-10H,(H,19,21). The lowest BCUT2D eigenvalue weighted by molar-refractivity contribution is 0.0996. The SMILES string of the molecule is O=C(Nc1ccc2sc3ccccc3c(=O)c2c1)c1ccco1. The van der Waals surface area contributed by atoms with E-state index in [1.54, 1.807) is 35.6 Å². The molecule has 5 heteroatoms. The van der Waals surface area contributed by atoms with Gasteiger partial charge in [0, 0.05) is 25.9 Å². The van der Waals surface area contributed by atoms with Crippen molar-refractivity contribution in [2.45, 2.75) is 0 Å². The third-order valence-electron chi connectivity index (χ3n) is 3.58. The number of hydrogen-bond acceptors (Lipinski definition) is 4. The average molecular weight is 321 g/mol. The third-order valence-corrected chi connectivity index (χ3v) is 4.73. The van der Waals surface area contributed by atoms with Crippen molar-refractivity contribution >= 4 is 43.1 Å². The van der Waals surface area contributed by atoms with Gasteiger partial charge in [-0.3, -0.25) is 9.59 Å². The van der Waals surface area contributed by atoms with Gasteiger partial charge in [-0.2, -0.15) is 0 Å². The molecule has 1 N–H and O–H groups in total. The number of furan rings is 1. The maximum atomic E-state index is 12.6. The first-order valence-corrected chi connectivity index (χ1v) is 7.84. The first kappa shape index (κ1) is 13.7. The van der Waals surface area contributed by atoms with Crippen LogP contribution in [0.15, 0.2) is 70.1 Å². The van der Waals surface area contributed by atoms with Crippen LogP contribution in [0.25, 0.3) is 20.2 Å². The van der Waals surface area contributed by atoms with Gasteiger partial charge in [0.25, 0.3) is 5.91 Å². The highest BCUT2D eigenvalue weighted by Crippen LogP contribution is 2.26. The van der Waals surface area contributed by atoms with Crippen LogP contribution in [-0.2, 0) is 0 Å². The van der Waals surface area contributed by atoms with Gasteiger partial charge < -0.3 is 9.73 Å². The average Bonchev–Trinajstić information content (AvgIpc) is 3.10. The molecule has 0 radical (unpaired) electrons. The summed E-state index contributed by atoms with van der Waals surface area (Å²) >= 11 is 1.56. The van der Waals surface area contributed by atoms with E-state index in [-0.39, 0.29) is 17.1 Å². The Morgan fingerprint density at radius 3 is 2.61 bits per heavy atom. The van der Waals surface area contributed by atoms with E-state index in [1.165, 1.54) is 6.26 Å². The lowest BCUT2D eigenvalue weighted by atomic mass is 10.1. The van der Waals surface area contributed by atoms with E-state index in [1.807, 2.05) is 30.3 Å². The highest BCUT2D eigenvalue weighted by molar-refractivity contribution is 7.24. The van der Waals surface area contributed by atoms with Crippen molar-refractivity contribution in [3.05, 3.63) is 76.8 Å². The van der Waals surface area contributed by atoms with Crippen molar-refractivity contribution in [2.24, 2.45) is 0 Å². The topological polar surface area (TPSA) is 59.3 Å². The Morgan fingerprint density at radius 2 is 1.78 bits per heavy atom. The molecule has 2 aromatic carbocycles. The summed E-state index contributed by atoms with van der Waals surface area (Å²) in [5.74, 6) is -0.111. The second-order valence-electron chi connectivity index (χ2n) is 5.07. The molecule has 4 aromatic rings. The molecule has 0 aliphatic heterocycles. The minimum absolute atomic E-state index is 0.0246. The van der Waals surface area contributed by atoms with Gasteiger partial charge in [-0.1, -0.05) is 12.1 Å². The summed E-state index contributed by atoms with van der Waals surface area (Å²) in [7, 11) is 0. The van der Waals surface area contributed by atoms with Crippen molar-refractivity contribution < 1.29 is 9.21 Å². The second-order valence-corrected chi connectivity index (χ2v) is 6.15. The number of nitrogens with one attached hydrogen (secondary N) is 1. The monoisotopic (exact) mass is 321 g/mol. The molecule has 112 valence electrons. The van der Waals surface area contributed by atoms with Gasteiger partial charge in [-0.25, -0.2) is 0 Å². The van der Waals surface area contributed by atoms with Gasteiger partial charge in [-0.05, 0) is 42.5 Å². The molecule has 2 heterocycles. The van der Waals surface area contributed by atoms with E-state index in [0.29, 0.717) is 16.5 Å². The van der Waals surface area contributed by atoms with Crippen LogP contribution in [0.3, 0.4) is 0 Å². The fourth-order valence-corrected chi connectivity index (χ4v) is 3.53. The lowest BCUT2D eigenvalue weighted by Crippen LogP contribution is -2.11. The summed E-state index contributed by atoms with van der Waals surface area (Å²) in [6, 6.07) is 16.1. The zero-order valence-electron chi connectivity index (χ0n) is 11.9. The first-order valence-electron chi connectivity index (χ1n) is 7.03. The number of carbonyl (C=O) groups excluding carboxylic acids is 1. The van der Waals surface area contributed by atoms with Gasteiger partial charge in [0.2, 0.25) is 0 Å². The molecule has 0 unspecified atom stereocenters. The van der Waals surface area contributed by atoms with Crippen LogP contribution in [-0.4, -0.2) is 5.91 Å². The molecule has 0 aliphatic rings. The third kappa shape index (κ3) is 2.41. The van der Waals surface area contributed by atoms with Crippen LogP contribution in [0, 0.1) is 0 Å². The zero-order valence-corrected chi connectivity index (χ0v) is 12.7. The smallest absolute Gasteiger partial charge is 0.291 e. The molecular formula is C18H11NO3S. The molecule has 0 saturated heterocycles. The van der Waals surface area contributed by atoms with Crippen LogP contribution in [0.1, 0.15) is 10.6 Å². The van der Waals surface area contributed by atoms with Gasteiger partial charge >= 0.3 is 0 Å². The largest absolute Gasteiger partial charge is 0.459 e. The molecule has 1 amide bonds. The maximum absolute atomic E-state index is 12.6. The van der Waals surface area contributed by atoms with E-state index in [9.17, 15) is 9.59 Å². The van der Waals surface area contributed by atoms with Crippen LogP contribution >= 0.6 is 11.3 Å². The van der Waals surface area contributed by atoms with Crippen LogP contribution in [0.2, 0.25) is 0 Å². The number of hydrogen-bond donors (Lipinski definition) is 1. The van der Waals surface area contributed by atoms with Crippen molar-refractivity contribution in [1.29, 1.82) is 0 Å². The first-order chi connectivity index (χ1) is 11.2. The number of rotatable bonds is 2. The Hall–Kier alpha value is -2.92. The quantitative estimate of drug-likeness (QED) is 0.561. The lowest BCUT2D eigenvalue weighted by Gasteiger charge is -2.05. The normalized spacial score (nSPS) is 11.0. The Morgan fingerprint density at radius 1 is 0.957 bits per heavy atom. The van der Waals surface area contributed by atoms with E-state index in [2.05, 4.69) is 5.32 Å². The zero-order chi connectivity index (χ0) is 15.8. The molecule has 0 saturated carbocycles. The molecule has 2 aromatic heterocycles. The van der Waals surface area contributed by atoms with E-state index >= 15 is 0 Å². The Bertz CT molecular complexity index is 1080. The molecule has 0 bridgehead atoms. The van der Waals surface area contributed by atoms with Gasteiger partial charge in [0.1, 0.15) is 0 Å². The van der Waals surface area contributed by atoms with Crippen molar-refractivity contribution in [1.82, 2.24) is 0 Å². The Labute approximate surface area is 135 Å². The minimum Gasteiger partial charge on any atom is -0.459 e. The number of fused-ring (bicyclic) bond motifs is 2. The fourth-order valence-electron chi connectivity index (χ4n) is 2.48. The number of amides is 1. The summed E-state index contributed by atoms with van der Waals surface area (Å²) in [4.78, 5) is 24.7. The highest BCUT2D eigenvalue weighted by Gasteiger charge is 2.11. The van der Waals surface area contributed by atoms with E-state index in [4.69, 9.17) is 4.42 Å². The summed E-state index contributed by atoms with van der Waals surface area (Å²) in [5.41, 5.74) is 0.543. The number of anilines is 1. The molecule has 0 aliphatic carbocycles. The maximum Gasteiger partial charge on any atom is 0.291 e. The van der Waals surface area contributed by atoms with E-state index < -0.39 is 0 Å². The summed E-state index contributed by atoms with van der Waals surface area (Å²) in [5, 5.41) is 4.04. The molecule has 4 nitrogen and oxygen atoms in total. The minimum atomic E-state index is -0.341. The molecular weight excluding hydrogens is 310 g/mol. The van der Waals surface area contributed by atoms with Crippen LogP contribution < -0.4 is 10.7 Å². The fraction of sp³-hybridized carbons (Fsp3) is 0. The molecule has 4 rings (SSSR count). The van der Waals surface area contributed by atoms with Gasteiger partial charge in [0.15, 0.2) is 11.2 Å². The Kier molecular flexibility index (Phi) is 3.20. The predicted molar refractivity (Wildman–Crippen MR) is 92.3 cm³/mol. The van der Waals surface area contributed by atoms with Crippen LogP contribution in [0.5, 0.6) is 0 Å². The van der Waals surface area contributed by atoms with Crippen molar-refractivity contribution in [3.63, 3.8) is 0 Å². The number of carbonyl (C=O) groups is 1. The Balaban J connectivity index is 1.81. The van der Waals surface area contributed by atoms with Crippen LogP contribution in [0.4, 0.5) is 5.69 Å².